The second kappa shape index (κ2) is 7.73. The zero-order valence-electron chi connectivity index (χ0n) is 15.8. The molecule has 136 valence electrons. The Balaban J connectivity index is 1.65. The van der Waals surface area contributed by atoms with Gasteiger partial charge in [-0.3, -0.25) is 9.59 Å². The number of carbonyl (C=O) groups excluding carboxylic acids is 2. The molecular weight excluding hydrogens is 324 g/mol. The second-order valence-electron chi connectivity index (χ2n) is 7.19. The normalized spacial score (nSPS) is 13.7. The standard InChI is InChI=1S/C22H26N2O2/c1-15-12-16(2)21(17(3)13-15)22(26)23-19-8-6-18(7-9-19)14-20(25)24-10-4-5-11-24/h6-9,12-13H,4-5,10-11,14H2,1-3H3,(H,23,26). The largest absolute Gasteiger partial charge is 0.342 e. The van der Waals surface area contributed by atoms with E-state index in [1.54, 1.807) is 0 Å². The summed E-state index contributed by atoms with van der Waals surface area (Å²) in [5, 5.41) is 2.96. The fourth-order valence-electron chi connectivity index (χ4n) is 3.69. The van der Waals surface area contributed by atoms with Crippen molar-refractivity contribution in [3.05, 3.63) is 64.2 Å². The van der Waals surface area contributed by atoms with Crippen molar-refractivity contribution in [1.82, 2.24) is 4.90 Å². The summed E-state index contributed by atoms with van der Waals surface area (Å²) in [5.74, 6) is 0.0890. The quantitative estimate of drug-likeness (QED) is 0.905. The summed E-state index contributed by atoms with van der Waals surface area (Å²) >= 11 is 0. The maximum Gasteiger partial charge on any atom is 0.256 e. The van der Waals surface area contributed by atoms with Gasteiger partial charge in [0, 0.05) is 24.3 Å². The molecule has 1 N–H and O–H groups in total. The minimum absolute atomic E-state index is 0.0964. The Labute approximate surface area is 155 Å². The second-order valence-corrected chi connectivity index (χ2v) is 7.19. The van der Waals surface area contributed by atoms with Gasteiger partial charge in [0.2, 0.25) is 5.91 Å². The summed E-state index contributed by atoms with van der Waals surface area (Å²) in [5.41, 5.74) is 5.56. The van der Waals surface area contributed by atoms with Crippen molar-refractivity contribution in [1.29, 1.82) is 0 Å². The average Bonchev–Trinajstić information content (AvgIpc) is 3.10. The Kier molecular flexibility index (Phi) is 5.40. The monoisotopic (exact) mass is 350 g/mol. The number of likely N-dealkylation sites (tertiary alicyclic amines) is 1. The molecule has 1 aliphatic rings. The van der Waals surface area contributed by atoms with Crippen LogP contribution in [-0.4, -0.2) is 29.8 Å². The predicted octanol–water partition coefficient (Wildman–Crippen LogP) is 4.03. The minimum Gasteiger partial charge on any atom is -0.342 e. The van der Waals surface area contributed by atoms with E-state index in [4.69, 9.17) is 0 Å². The van der Waals surface area contributed by atoms with Gasteiger partial charge >= 0.3 is 0 Å². The summed E-state index contributed by atoms with van der Waals surface area (Å²) in [4.78, 5) is 26.8. The molecule has 1 aliphatic heterocycles. The van der Waals surface area contributed by atoms with Crippen LogP contribution in [0.4, 0.5) is 5.69 Å². The molecule has 1 fully saturated rings. The molecule has 1 heterocycles. The molecule has 0 spiro atoms. The number of anilines is 1. The number of amides is 2. The van der Waals surface area contributed by atoms with Crippen molar-refractivity contribution in [2.45, 2.75) is 40.0 Å². The topological polar surface area (TPSA) is 49.4 Å². The lowest BCUT2D eigenvalue weighted by molar-refractivity contribution is -0.129. The van der Waals surface area contributed by atoms with Crippen LogP contribution in [0.25, 0.3) is 0 Å². The molecule has 2 aromatic rings. The van der Waals surface area contributed by atoms with Crippen LogP contribution in [0.2, 0.25) is 0 Å². The lowest BCUT2D eigenvalue weighted by Gasteiger charge is -2.15. The lowest BCUT2D eigenvalue weighted by atomic mass is 9.99. The predicted molar refractivity (Wildman–Crippen MR) is 105 cm³/mol. The van der Waals surface area contributed by atoms with Crippen molar-refractivity contribution in [2.75, 3.05) is 18.4 Å². The summed E-state index contributed by atoms with van der Waals surface area (Å²) in [6.07, 6.45) is 2.63. The Bertz CT molecular complexity index is 796. The van der Waals surface area contributed by atoms with E-state index in [2.05, 4.69) is 5.32 Å². The van der Waals surface area contributed by atoms with Crippen molar-refractivity contribution >= 4 is 17.5 Å². The van der Waals surface area contributed by atoms with E-state index in [-0.39, 0.29) is 11.8 Å². The first-order valence-corrected chi connectivity index (χ1v) is 9.20. The molecular formula is C22H26N2O2. The number of hydrogen-bond acceptors (Lipinski definition) is 2. The highest BCUT2D eigenvalue weighted by atomic mass is 16.2. The molecule has 2 amide bonds. The Morgan fingerprint density at radius 2 is 1.54 bits per heavy atom. The fourth-order valence-corrected chi connectivity index (χ4v) is 3.69. The Hall–Kier alpha value is -2.62. The van der Waals surface area contributed by atoms with Crippen LogP contribution < -0.4 is 5.32 Å². The summed E-state index contributed by atoms with van der Waals surface area (Å²) < 4.78 is 0. The lowest BCUT2D eigenvalue weighted by Crippen LogP contribution is -2.29. The molecule has 1 saturated heterocycles. The number of benzene rings is 2. The summed E-state index contributed by atoms with van der Waals surface area (Å²) in [6, 6.07) is 11.6. The highest BCUT2D eigenvalue weighted by Gasteiger charge is 2.18. The third-order valence-corrected chi connectivity index (χ3v) is 4.93. The van der Waals surface area contributed by atoms with E-state index >= 15 is 0 Å². The molecule has 3 rings (SSSR count). The highest BCUT2D eigenvalue weighted by Crippen LogP contribution is 2.19. The van der Waals surface area contributed by atoms with Gasteiger partial charge in [-0.2, -0.15) is 0 Å². The third kappa shape index (κ3) is 4.13. The van der Waals surface area contributed by atoms with Gasteiger partial charge in [0.05, 0.1) is 6.42 Å². The van der Waals surface area contributed by atoms with Crippen LogP contribution in [0, 0.1) is 20.8 Å². The molecule has 26 heavy (non-hydrogen) atoms. The van der Waals surface area contributed by atoms with Gasteiger partial charge in [-0.15, -0.1) is 0 Å². The zero-order valence-corrected chi connectivity index (χ0v) is 15.8. The maximum atomic E-state index is 12.6. The van der Waals surface area contributed by atoms with Crippen molar-refractivity contribution in [3.63, 3.8) is 0 Å². The van der Waals surface area contributed by atoms with Gasteiger partial charge in [-0.1, -0.05) is 29.8 Å². The summed E-state index contributed by atoms with van der Waals surface area (Å²) in [7, 11) is 0. The summed E-state index contributed by atoms with van der Waals surface area (Å²) in [6.45, 7) is 7.71. The molecule has 0 bridgehead atoms. The van der Waals surface area contributed by atoms with Gasteiger partial charge in [0.15, 0.2) is 0 Å². The Morgan fingerprint density at radius 3 is 2.12 bits per heavy atom. The smallest absolute Gasteiger partial charge is 0.256 e. The van der Waals surface area contributed by atoms with Crippen LogP contribution in [0.5, 0.6) is 0 Å². The maximum absolute atomic E-state index is 12.6. The molecule has 0 aliphatic carbocycles. The minimum atomic E-state index is -0.0964. The number of rotatable bonds is 4. The fraction of sp³-hybridized carbons (Fsp3) is 0.364. The van der Waals surface area contributed by atoms with Crippen molar-refractivity contribution in [2.24, 2.45) is 0 Å². The zero-order chi connectivity index (χ0) is 18.7. The van der Waals surface area contributed by atoms with E-state index < -0.39 is 0 Å². The van der Waals surface area contributed by atoms with E-state index in [0.29, 0.717) is 6.42 Å². The van der Waals surface area contributed by atoms with Gasteiger partial charge < -0.3 is 10.2 Å². The highest BCUT2D eigenvalue weighted by molar-refractivity contribution is 6.06. The number of hydrogen-bond donors (Lipinski definition) is 1. The third-order valence-electron chi connectivity index (χ3n) is 4.93. The van der Waals surface area contributed by atoms with Gasteiger partial charge in [0.25, 0.3) is 5.91 Å². The van der Waals surface area contributed by atoms with E-state index in [1.165, 1.54) is 0 Å². The number of carbonyl (C=O) groups is 2. The van der Waals surface area contributed by atoms with Gasteiger partial charge in [-0.05, 0) is 62.4 Å². The first-order valence-electron chi connectivity index (χ1n) is 9.20. The van der Waals surface area contributed by atoms with E-state index in [1.807, 2.05) is 62.1 Å². The molecule has 4 heteroatoms. The first kappa shape index (κ1) is 18.2. The SMILES string of the molecule is Cc1cc(C)c(C(=O)Nc2ccc(CC(=O)N3CCCC3)cc2)c(C)c1. The first-order chi connectivity index (χ1) is 12.4. The Morgan fingerprint density at radius 1 is 0.962 bits per heavy atom. The van der Waals surface area contributed by atoms with Crippen molar-refractivity contribution < 1.29 is 9.59 Å². The molecule has 0 saturated carbocycles. The molecule has 0 aromatic heterocycles. The average molecular weight is 350 g/mol. The molecule has 0 unspecified atom stereocenters. The van der Waals surface area contributed by atoms with E-state index in [9.17, 15) is 9.59 Å². The van der Waals surface area contributed by atoms with Gasteiger partial charge in [0.1, 0.15) is 0 Å². The number of nitrogens with zero attached hydrogens (tertiary/aromatic N) is 1. The molecule has 2 aromatic carbocycles. The van der Waals surface area contributed by atoms with Crippen LogP contribution >= 0.6 is 0 Å². The number of nitrogens with one attached hydrogen (secondary N) is 1. The molecule has 0 atom stereocenters. The van der Waals surface area contributed by atoms with Crippen molar-refractivity contribution in [3.8, 4) is 0 Å². The molecule has 4 nitrogen and oxygen atoms in total. The number of aryl methyl sites for hydroxylation is 3. The van der Waals surface area contributed by atoms with Gasteiger partial charge in [-0.25, -0.2) is 0 Å². The van der Waals surface area contributed by atoms with Crippen LogP contribution in [0.3, 0.4) is 0 Å². The van der Waals surface area contributed by atoms with Crippen LogP contribution in [0.1, 0.15) is 45.5 Å². The van der Waals surface area contributed by atoms with Crippen LogP contribution in [-0.2, 0) is 11.2 Å². The molecule has 0 radical (unpaired) electrons. The van der Waals surface area contributed by atoms with Crippen LogP contribution in [0.15, 0.2) is 36.4 Å². The van der Waals surface area contributed by atoms with E-state index in [0.717, 1.165) is 59.4 Å².